The molecule has 39 heavy (non-hydrogen) atoms. The lowest BCUT2D eigenvalue weighted by atomic mass is 9.62. The van der Waals surface area contributed by atoms with E-state index in [0.29, 0.717) is 43.7 Å². The van der Waals surface area contributed by atoms with Gasteiger partial charge in [-0.05, 0) is 78.6 Å². The Morgan fingerprint density at radius 1 is 1.10 bits per heavy atom. The Labute approximate surface area is 236 Å². The first-order valence-electron chi connectivity index (χ1n) is 13.0. The van der Waals surface area contributed by atoms with Gasteiger partial charge in [0.05, 0.1) is 16.8 Å². The molecular weight excluding hydrogens is 528 g/mol. The van der Waals surface area contributed by atoms with Crippen LogP contribution in [0.3, 0.4) is 0 Å². The van der Waals surface area contributed by atoms with Gasteiger partial charge in [-0.1, -0.05) is 53.8 Å². The predicted octanol–water partition coefficient (Wildman–Crippen LogP) is 7.57. The summed E-state index contributed by atoms with van der Waals surface area (Å²) in [6.45, 7) is 0.489. The molecule has 0 amide bonds. The molecule has 1 fully saturated rings. The molecule has 2 N–H and O–H groups in total. The maximum absolute atomic E-state index is 12.6. The number of rotatable bonds is 6. The smallest absolute Gasteiger partial charge is 0.329 e. The molecule has 6 rings (SSSR count). The Bertz CT molecular complexity index is 1640. The minimum atomic E-state index is -1.06. The number of allylic oxidation sites excluding steroid dienone is 1. The molecule has 2 heterocycles. The highest BCUT2D eigenvalue weighted by molar-refractivity contribution is 7.17. The minimum absolute atomic E-state index is 0.284. The molecule has 0 unspecified atom stereocenters. The second kappa shape index (κ2) is 10.4. The molecule has 2 aliphatic carbocycles. The molecule has 2 aromatic heterocycles. The Hall–Kier alpha value is -3.79. The van der Waals surface area contributed by atoms with E-state index in [0.717, 1.165) is 27.2 Å². The van der Waals surface area contributed by atoms with E-state index in [1.165, 1.54) is 11.1 Å². The van der Waals surface area contributed by atoms with Gasteiger partial charge in [-0.3, -0.25) is 4.98 Å². The molecule has 0 atom stereocenters. The number of nitrogens with one attached hydrogen (secondary N) is 1. The highest BCUT2D eigenvalue weighted by atomic mass is 35.5. The summed E-state index contributed by atoms with van der Waals surface area (Å²) in [6, 6.07) is 19.5. The van der Waals surface area contributed by atoms with Crippen molar-refractivity contribution in [2.24, 2.45) is 0 Å². The summed E-state index contributed by atoms with van der Waals surface area (Å²) in [5.74, 6) is 6.79. The molecule has 4 aromatic rings. The van der Waals surface area contributed by atoms with Gasteiger partial charge in [0.1, 0.15) is 11.3 Å². The van der Waals surface area contributed by atoms with Crippen molar-refractivity contribution in [2.75, 3.05) is 11.9 Å². The topological polar surface area (TPSA) is 71.5 Å². The van der Waals surface area contributed by atoms with Crippen LogP contribution in [0, 0.1) is 11.8 Å². The number of nitrogens with zero attached hydrogens (tertiary/aromatic N) is 1. The number of anilines is 1. The Morgan fingerprint density at radius 3 is 2.77 bits per heavy atom. The van der Waals surface area contributed by atoms with E-state index in [1.54, 1.807) is 29.7 Å². The van der Waals surface area contributed by atoms with Crippen LogP contribution in [-0.2, 0) is 10.2 Å². The summed E-state index contributed by atoms with van der Waals surface area (Å²) in [4.78, 5) is 16.9. The minimum Gasteiger partial charge on any atom is -0.491 e. The zero-order chi connectivity index (χ0) is 26.9. The van der Waals surface area contributed by atoms with Gasteiger partial charge < -0.3 is 15.2 Å². The molecule has 196 valence electrons. The van der Waals surface area contributed by atoms with E-state index in [-0.39, 0.29) is 5.41 Å². The number of fused-ring (bicyclic) bond motifs is 3. The predicted molar refractivity (Wildman–Crippen MR) is 158 cm³/mol. The van der Waals surface area contributed by atoms with E-state index in [2.05, 4.69) is 46.4 Å². The van der Waals surface area contributed by atoms with E-state index in [9.17, 15) is 9.90 Å². The first-order chi connectivity index (χ1) is 19.0. The van der Waals surface area contributed by atoms with Crippen LogP contribution in [-0.4, -0.2) is 28.2 Å². The SMILES string of the molecule is O=C(O)C1(Nc2cccc(Cl)c2)CCC2(CC1)C(C#CCCOc1ccnc3ccsc13)=Cc1ccccc12. The second-order valence-corrected chi connectivity index (χ2v) is 11.4. The third-order valence-corrected chi connectivity index (χ3v) is 9.04. The number of carboxylic acid groups (broad SMARTS) is 1. The van der Waals surface area contributed by atoms with E-state index in [4.69, 9.17) is 16.3 Å². The van der Waals surface area contributed by atoms with Crippen LogP contribution in [0.25, 0.3) is 16.3 Å². The fraction of sp³-hybridized carbons (Fsp3) is 0.250. The molecule has 1 saturated carbocycles. The van der Waals surface area contributed by atoms with Crippen LogP contribution < -0.4 is 10.1 Å². The molecule has 7 heteroatoms. The van der Waals surface area contributed by atoms with Crippen LogP contribution in [0.1, 0.15) is 43.2 Å². The number of pyridine rings is 1. The zero-order valence-electron chi connectivity index (χ0n) is 21.2. The first kappa shape index (κ1) is 25.5. The fourth-order valence-corrected chi connectivity index (χ4v) is 6.87. The largest absolute Gasteiger partial charge is 0.491 e. The van der Waals surface area contributed by atoms with Gasteiger partial charge in [0.2, 0.25) is 0 Å². The monoisotopic (exact) mass is 554 g/mol. The standard InChI is InChI=1S/C32H27ClN2O3S/c33-24-8-5-9-25(21-24)35-32(30(36)37)15-13-31(14-16-32)23(20-22-6-1-2-10-26(22)31)7-3-4-18-38-28-11-17-34-27-12-19-39-29(27)28/h1-2,5-6,8-12,17,19-21,35H,4,13-16,18H2,(H,36,37). The Balaban J connectivity index is 1.20. The van der Waals surface area contributed by atoms with Crippen molar-refractivity contribution in [1.29, 1.82) is 0 Å². The second-order valence-electron chi connectivity index (χ2n) is 10.1. The molecule has 1 spiro atoms. The van der Waals surface area contributed by atoms with Gasteiger partial charge in [0, 0.05) is 34.3 Å². The third-order valence-electron chi connectivity index (χ3n) is 7.88. The van der Waals surface area contributed by atoms with Crippen LogP contribution in [0.5, 0.6) is 5.75 Å². The number of halogens is 1. The Morgan fingerprint density at radius 2 is 1.95 bits per heavy atom. The first-order valence-corrected chi connectivity index (χ1v) is 14.3. The van der Waals surface area contributed by atoms with E-state index in [1.807, 2.05) is 35.7 Å². The summed E-state index contributed by atoms with van der Waals surface area (Å²) < 4.78 is 7.08. The van der Waals surface area contributed by atoms with Crippen LogP contribution in [0.15, 0.2) is 77.8 Å². The van der Waals surface area contributed by atoms with Crippen molar-refractivity contribution >= 4 is 50.9 Å². The van der Waals surface area contributed by atoms with Crippen LogP contribution >= 0.6 is 22.9 Å². The number of thiophene rings is 1. The van der Waals surface area contributed by atoms with Gasteiger partial charge in [0.15, 0.2) is 0 Å². The average Bonchev–Trinajstić information content (AvgIpc) is 3.54. The van der Waals surface area contributed by atoms with Crippen molar-refractivity contribution in [3.05, 3.63) is 94.0 Å². The molecule has 2 aliphatic rings. The molecule has 0 saturated heterocycles. The lowest BCUT2D eigenvalue weighted by molar-refractivity contribution is -0.143. The molecule has 0 radical (unpaired) electrons. The van der Waals surface area contributed by atoms with Crippen molar-refractivity contribution in [3.63, 3.8) is 0 Å². The summed E-state index contributed by atoms with van der Waals surface area (Å²) in [7, 11) is 0. The third kappa shape index (κ3) is 4.78. The molecule has 0 aliphatic heterocycles. The van der Waals surface area contributed by atoms with E-state index >= 15 is 0 Å². The lowest BCUT2D eigenvalue weighted by Gasteiger charge is -2.44. The number of benzene rings is 2. The van der Waals surface area contributed by atoms with Crippen molar-refractivity contribution in [2.45, 2.75) is 43.1 Å². The number of hydrogen-bond acceptors (Lipinski definition) is 5. The van der Waals surface area contributed by atoms with Gasteiger partial charge in [-0.25, -0.2) is 4.79 Å². The quantitative estimate of drug-likeness (QED) is 0.190. The normalized spacial score (nSPS) is 21.6. The lowest BCUT2D eigenvalue weighted by Crippen LogP contribution is -2.52. The molecule has 2 aromatic carbocycles. The average molecular weight is 555 g/mol. The van der Waals surface area contributed by atoms with Gasteiger partial charge >= 0.3 is 5.97 Å². The van der Waals surface area contributed by atoms with E-state index < -0.39 is 11.5 Å². The number of aromatic nitrogens is 1. The molecule has 5 nitrogen and oxygen atoms in total. The Kier molecular flexibility index (Phi) is 6.80. The van der Waals surface area contributed by atoms with Gasteiger partial charge in [-0.2, -0.15) is 0 Å². The number of ether oxygens (including phenoxy) is 1. The number of hydrogen-bond donors (Lipinski definition) is 2. The summed E-state index contributed by atoms with van der Waals surface area (Å²) in [6.07, 6.45) is 6.87. The fourth-order valence-electron chi connectivity index (χ4n) is 5.86. The molecule has 0 bridgehead atoms. The zero-order valence-corrected chi connectivity index (χ0v) is 22.8. The summed E-state index contributed by atoms with van der Waals surface area (Å²) in [5, 5.41) is 16.2. The van der Waals surface area contributed by atoms with Gasteiger partial charge in [0.25, 0.3) is 0 Å². The molecular formula is C32H27ClN2O3S. The maximum Gasteiger partial charge on any atom is 0.329 e. The number of carboxylic acids is 1. The highest BCUT2D eigenvalue weighted by Gasteiger charge is 2.51. The van der Waals surface area contributed by atoms with Crippen molar-refractivity contribution in [1.82, 2.24) is 4.98 Å². The summed E-state index contributed by atoms with van der Waals surface area (Å²) >= 11 is 7.79. The van der Waals surface area contributed by atoms with Crippen LogP contribution in [0.2, 0.25) is 5.02 Å². The maximum atomic E-state index is 12.6. The van der Waals surface area contributed by atoms with Crippen molar-refractivity contribution in [3.8, 4) is 17.6 Å². The number of aliphatic carboxylic acids is 1. The number of carbonyl (C=O) groups is 1. The van der Waals surface area contributed by atoms with Crippen LogP contribution in [0.4, 0.5) is 5.69 Å². The van der Waals surface area contributed by atoms with Gasteiger partial charge in [-0.15, -0.1) is 11.3 Å². The summed E-state index contributed by atoms with van der Waals surface area (Å²) in [5.41, 5.74) is 3.79. The van der Waals surface area contributed by atoms with Crippen molar-refractivity contribution < 1.29 is 14.6 Å². The highest BCUT2D eigenvalue weighted by Crippen LogP contribution is 2.53.